The van der Waals surface area contributed by atoms with Gasteiger partial charge >= 0.3 is 0 Å². The quantitative estimate of drug-likeness (QED) is 0.549. The van der Waals surface area contributed by atoms with E-state index in [-0.39, 0.29) is 23.6 Å². The van der Waals surface area contributed by atoms with Crippen LogP contribution in [0.1, 0.15) is 21.5 Å². The van der Waals surface area contributed by atoms with Gasteiger partial charge in [-0.05, 0) is 29.3 Å². The Balaban J connectivity index is 1.66. The number of aryl methyl sites for hydroxylation is 1. The van der Waals surface area contributed by atoms with Crippen LogP contribution < -0.4 is 10.9 Å². The van der Waals surface area contributed by atoms with Crippen molar-refractivity contribution in [3.8, 4) is 0 Å². The van der Waals surface area contributed by atoms with Gasteiger partial charge in [0, 0.05) is 17.2 Å². The maximum absolute atomic E-state index is 12.2. The summed E-state index contributed by atoms with van der Waals surface area (Å²) in [4.78, 5) is 34.8. The highest BCUT2D eigenvalue weighted by molar-refractivity contribution is 5.96. The fraction of sp³-hybridized carbons (Fsp3) is 0.100. The number of nitro benzene ring substituents is 1. The molecule has 3 rings (SSSR count). The molecule has 0 bridgehead atoms. The first-order valence-corrected chi connectivity index (χ1v) is 8.26. The molecule has 0 aromatic heterocycles. The Bertz CT molecular complexity index is 1040. The number of rotatable bonds is 4. The molecule has 0 fully saturated rings. The largest absolute Gasteiger partial charge is 0.273 e. The van der Waals surface area contributed by atoms with Crippen LogP contribution in [-0.4, -0.2) is 16.7 Å². The van der Waals surface area contributed by atoms with Gasteiger partial charge < -0.3 is 0 Å². The number of carbonyl (C=O) groups excluding carboxylic acids is 2. The zero-order valence-electron chi connectivity index (χ0n) is 14.6. The maximum Gasteiger partial charge on any atom is 0.273 e. The Kier molecular flexibility index (Phi) is 5.12. The van der Waals surface area contributed by atoms with Crippen molar-refractivity contribution < 1.29 is 14.5 Å². The molecular formula is C20H17N3O4. The van der Waals surface area contributed by atoms with Crippen LogP contribution in [-0.2, 0) is 11.2 Å². The van der Waals surface area contributed by atoms with Gasteiger partial charge in [-0.1, -0.05) is 48.5 Å². The molecule has 0 atom stereocenters. The number of hydrogen-bond acceptors (Lipinski definition) is 4. The summed E-state index contributed by atoms with van der Waals surface area (Å²) < 4.78 is 0. The van der Waals surface area contributed by atoms with Crippen molar-refractivity contribution in [3.05, 3.63) is 87.5 Å². The summed E-state index contributed by atoms with van der Waals surface area (Å²) >= 11 is 0. The van der Waals surface area contributed by atoms with E-state index < -0.39 is 10.8 Å². The minimum atomic E-state index is -0.621. The molecule has 2 amide bonds. The molecule has 0 heterocycles. The van der Waals surface area contributed by atoms with Crippen molar-refractivity contribution in [2.24, 2.45) is 0 Å². The lowest BCUT2D eigenvalue weighted by atomic mass is 10.0. The predicted octanol–water partition coefficient (Wildman–Crippen LogP) is 3.06. The number of fused-ring (bicyclic) bond motifs is 1. The van der Waals surface area contributed by atoms with Crippen molar-refractivity contribution in [2.75, 3.05) is 0 Å². The first kappa shape index (κ1) is 18.1. The van der Waals surface area contributed by atoms with E-state index in [1.807, 2.05) is 42.5 Å². The third kappa shape index (κ3) is 4.09. The number of nitro groups is 1. The van der Waals surface area contributed by atoms with E-state index >= 15 is 0 Å². The topological polar surface area (TPSA) is 101 Å². The number of carbonyl (C=O) groups is 2. The molecule has 0 saturated carbocycles. The minimum absolute atomic E-state index is 0.0929. The number of benzene rings is 3. The third-order valence-electron chi connectivity index (χ3n) is 4.21. The number of nitrogens with one attached hydrogen (secondary N) is 2. The monoisotopic (exact) mass is 363 g/mol. The molecule has 0 saturated heterocycles. The average molecular weight is 363 g/mol. The third-order valence-corrected chi connectivity index (χ3v) is 4.21. The Labute approximate surface area is 155 Å². The number of hydrogen-bond donors (Lipinski definition) is 2. The zero-order valence-corrected chi connectivity index (χ0v) is 14.6. The van der Waals surface area contributed by atoms with Gasteiger partial charge in [0.05, 0.1) is 11.3 Å². The fourth-order valence-corrected chi connectivity index (χ4v) is 2.81. The van der Waals surface area contributed by atoms with E-state index in [1.54, 1.807) is 6.92 Å². The van der Waals surface area contributed by atoms with Gasteiger partial charge in [0.15, 0.2) is 0 Å². The summed E-state index contributed by atoms with van der Waals surface area (Å²) in [7, 11) is 0. The van der Waals surface area contributed by atoms with Crippen molar-refractivity contribution >= 4 is 28.3 Å². The highest BCUT2D eigenvalue weighted by atomic mass is 16.6. The molecule has 3 aromatic rings. The molecule has 0 radical (unpaired) electrons. The Morgan fingerprint density at radius 2 is 1.74 bits per heavy atom. The summed E-state index contributed by atoms with van der Waals surface area (Å²) in [5.74, 6) is -1.01. The van der Waals surface area contributed by atoms with Crippen LogP contribution >= 0.6 is 0 Å². The van der Waals surface area contributed by atoms with E-state index in [9.17, 15) is 19.7 Å². The van der Waals surface area contributed by atoms with Gasteiger partial charge in [-0.2, -0.15) is 0 Å². The smallest absolute Gasteiger partial charge is 0.273 e. The Hall–Kier alpha value is -3.74. The predicted molar refractivity (Wildman–Crippen MR) is 101 cm³/mol. The maximum atomic E-state index is 12.2. The molecule has 0 unspecified atom stereocenters. The Morgan fingerprint density at radius 1 is 1.00 bits per heavy atom. The van der Waals surface area contributed by atoms with Crippen LogP contribution in [0, 0.1) is 17.0 Å². The molecule has 136 valence electrons. The lowest BCUT2D eigenvalue weighted by Crippen LogP contribution is -2.42. The van der Waals surface area contributed by atoms with Crippen LogP contribution in [0.5, 0.6) is 0 Å². The van der Waals surface area contributed by atoms with Crippen molar-refractivity contribution in [3.63, 3.8) is 0 Å². The number of hydrazine groups is 1. The summed E-state index contributed by atoms with van der Waals surface area (Å²) in [6, 6.07) is 17.5. The SMILES string of the molecule is Cc1ccc(C(=O)NNC(=O)Cc2cccc3ccccc23)cc1[N+](=O)[O-]. The van der Waals surface area contributed by atoms with E-state index in [1.165, 1.54) is 18.2 Å². The highest BCUT2D eigenvalue weighted by Gasteiger charge is 2.15. The second-order valence-corrected chi connectivity index (χ2v) is 6.08. The van der Waals surface area contributed by atoms with Crippen LogP contribution in [0.15, 0.2) is 60.7 Å². The van der Waals surface area contributed by atoms with E-state index in [0.717, 1.165) is 16.3 Å². The lowest BCUT2D eigenvalue weighted by Gasteiger charge is -2.09. The molecule has 27 heavy (non-hydrogen) atoms. The lowest BCUT2D eigenvalue weighted by molar-refractivity contribution is -0.385. The number of nitrogens with zero attached hydrogens (tertiary/aromatic N) is 1. The highest BCUT2D eigenvalue weighted by Crippen LogP contribution is 2.20. The standard InChI is InChI=1S/C20H17N3O4/c1-13-9-10-16(11-18(13)23(26)27)20(25)22-21-19(24)12-15-7-4-6-14-5-2-3-8-17(14)15/h2-11H,12H2,1H3,(H,21,24)(H,22,25). The molecule has 0 aliphatic rings. The second-order valence-electron chi connectivity index (χ2n) is 6.08. The minimum Gasteiger partial charge on any atom is -0.273 e. The summed E-state index contributed by atoms with van der Waals surface area (Å²) in [6.45, 7) is 1.59. The van der Waals surface area contributed by atoms with Crippen molar-refractivity contribution in [1.82, 2.24) is 10.9 Å². The Morgan fingerprint density at radius 3 is 2.52 bits per heavy atom. The van der Waals surface area contributed by atoms with Crippen molar-refractivity contribution in [2.45, 2.75) is 13.3 Å². The van der Waals surface area contributed by atoms with E-state index in [0.29, 0.717) is 5.56 Å². The zero-order chi connectivity index (χ0) is 19.4. The molecule has 3 aromatic carbocycles. The van der Waals surface area contributed by atoms with E-state index in [2.05, 4.69) is 10.9 Å². The summed E-state index contributed by atoms with van der Waals surface area (Å²) in [5.41, 5.74) is 5.88. The van der Waals surface area contributed by atoms with Gasteiger partial charge in [-0.25, -0.2) is 0 Å². The molecule has 0 spiro atoms. The van der Waals surface area contributed by atoms with Crippen LogP contribution in [0.3, 0.4) is 0 Å². The second kappa shape index (κ2) is 7.65. The molecule has 0 aliphatic carbocycles. The van der Waals surface area contributed by atoms with Gasteiger partial charge in [0.1, 0.15) is 0 Å². The molecule has 7 heteroatoms. The van der Waals surface area contributed by atoms with Gasteiger partial charge in [-0.3, -0.25) is 30.6 Å². The molecule has 7 nitrogen and oxygen atoms in total. The van der Waals surface area contributed by atoms with Gasteiger partial charge in [-0.15, -0.1) is 0 Å². The van der Waals surface area contributed by atoms with Crippen LogP contribution in [0.25, 0.3) is 10.8 Å². The van der Waals surface area contributed by atoms with E-state index in [4.69, 9.17) is 0 Å². The van der Waals surface area contributed by atoms with Crippen LogP contribution in [0.4, 0.5) is 5.69 Å². The fourth-order valence-electron chi connectivity index (χ4n) is 2.81. The number of amides is 2. The van der Waals surface area contributed by atoms with Crippen LogP contribution in [0.2, 0.25) is 0 Å². The first-order chi connectivity index (χ1) is 13.0. The average Bonchev–Trinajstić information content (AvgIpc) is 2.66. The first-order valence-electron chi connectivity index (χ1n) is 8.26. The molecular weight excluding hydrogens is 346 g/mol. The summed E-state index contributed by atoms with van der Waals surface area (Å²) in [6.07, 6.45) is 0.0929. The normalized spacial score (nSPS) is 10.4. The molecule has 2 N–H and O–H groups in total. The van der Waals surface area contributed by atoms with Crippen molar-refractivity contribution in [1.29, 1.82) is 0 Å². The molecule has 0 aliphatic heterocycles. The van der Waals surface area contributed by atoms with Gasteiger partial charge in [0.2, 0.25) is 5.91 Å². The summed E-state index contributed by atoms with van der Waals surface area (Å²) in [5, 5.41) is 13.0. The van der Waals surface area contributed by atoms with Gasteiger partial charge in [0.25, 0.3) is 11.6 Å².